The van der Waals surface area contributed by atoms with Gasteiger partial charge in [-0.2, -0.15) is 13.2 Å². The lowest BCUT2D eigenvalue weighted by molar-refractivity contribution is -0.124. The number of nitrogens with one attached hydrogen (secondary N) is 1. The summed E-state index contributed by atoms with van der Waals surface area (Å²) in [4.78, 5) is 22.0. The van der Waals surface area contributed by atoms with E-state index in [4.69, 9.17) is 4.74 Å². The third-order valence-corrected chi connectivity index (χ3v) is 8.35. The van der Waals surface area contributed by atoms with Crippen LogP contribution in [-0.4, -0.2) is 66.5 Å². The molecule has 1 aliphatic carbocycles. The van der Waals surface area contributed by atoms with Crippen molar-refractivity contribution < 1.29 is 27.8 Å². The van der Waals surface area contributed by atoms with Gasteiger partial charge in [0.2, 0.25) is 0 Å². The molecular weight excluding hydrogens is 557 g/mol. The van der Waals surface area contributed by atoms with Gasteiger partial charge in [0, 0.05) is 42.7 Å². The first-order valence-electron chi connectivity index (χ1n) is 14.5. The molecule has 0 atom stereocenters. The van der Waals surface area contributed by atoms with Crippen molar-refractivity contribution in [2.24, 2.45) is 0 Å². The van der Waals surface area contributed by atoms with Gasteiger partial charge in [-0.05, 0) is 55.1 Å². The Morgan fingerprint density at radius 2 is 1.56 bits per heavy atom. The number of halogens is 3. The summed E-state index contributed by atoms with van der Waals surface area (Å²) in [6.07, 6.45) is -3.63. The number of pyridine rings is 1. The lowest BCUT2D eigenvalue weighted by Gasteiger charge is -2.36. The van der Waals surface area contributed by atoms with Crippen molar-refractivity contribution in [2.75, 3.05) is 44.2 Å². The number of hydrogen-bond donors (Lipinski definition) is 2. The van der Waals surface area contributed by atoms with E-state index in [0.717, 1.165) is 72.6 Å². The Labute approximate surface area is 247 Å². The van der Waals surface area contributed by atoms with Crippen LogP contribution in [0, 0.1) is 0 Å². The number of phenolic OH excluding ortho intramolecular Hbond substituents is 1. The minimum absolute atomic E-state index is 0.171. The molecule has 4 aromatic rings. The minimum Gasteiger partial charge on any atom is -0.506 e. The maximum Gasteiger partial charge on any atom is 0.408 e. The summed E-state index contributed by atoms with van der Waals surface area (Å²) in [5.74, 6) is 1.01. The Hall–Kier alpha value is -4.31. The highest BCUT2D eigenvalue weighted by atomic mass is 19.4. The molecular formula is C33H33F3N4O3. The lowest BCUT2D eigenvalue weighted by Crippen LogP contribution is -2.47. The number of para-hydroxylation sites is 1. The molecule has 0 bridgehead atoms. The molecule has 2 aliphatic rings. The zero-order valence-corrected chi connectivity index (χ0v) is 23.6. The molecule has 6 rings (SSSR count). The van der Waals surface area contributed by atoms with E-state index in [0.29, 0.717) is 18.4 Å². The lowest BCUT2D eigenvalue weighted by atomic mass is 9.86. The van der Waals surface area contributed by atoms with Crippen LogP contribution in [0.25, 0.3) is 22.0 Å². The van der Waals surface area contributed by atoms with Gasteiger partial charge in [-0.25, -0.2) is 9.78 Å². The van der Waals surface area contributed by atoms with Gasteiger partial charge in [0.1, 0.15) is 23.6 Å². The molecule has 1 amide bonds. The molecule has 0 spiro atoms. The number of nitrogens with zero attached hydrogens (tertiary/aromatic N) is 3. The van der Waals surface area contributed by atoms with Gasteiger partial charge < -0.3 is 20.1 Å². The van der Waals surface area contributed by atoms with E-state index >= 15 is 0 Å². The molecule has 1 aliphatic heterocycles. The van der Waals surface area contributed by atoms with Gasteiger partial charge in [-0.1, -0.05) is 60.7 Å². The number of carbonyl (C=O) groups excluding carboxylic acids is 1. The third kappa shape index (κ3) is 5.97. The number of benzene rings is 3. The second kappa shape index (κ2) is 11.8. The van der Waals surface area contributed by atoms with Crippen LogP contribution in [0.5, 0.6) is 5.75 Å². The van der Waals surface area contributed by atoms with E-state index in [1.165, 1.54) is 0 Å². The summed E-state index contributed by atoms with van der Waals surface area (Å²) >= 11 is 0. The summed E-state index contributed by atoms with van der Waals surface area (Å²) in [5.41, 5.74) is 2.86. The van der Waals surface area contributed by atoms with Gasteiger partial charge in [0.25, 0.3) is 0 Å². The Bertz CT molecular complexity index is 1570. The number of anilines is 1. The van der Waals surface area contributed by atoms with Crippen LogP contribution in [0.3, 0.4) is 0 Å². The number of hydrogen-bond acceptors (Lipinski definition) is 6. The van der Waals surface area contributed by atoms with Gasteiger partial charge in [0.15, 0.2) is 5.60 Å². The number of unbranched alkanes of at least 4 members (excludes halogenated alkanes) is 1. The number of carbonyl (C=O) groups is 1. The zero-order chi connectivity index (χ0) is 30.0. The fourth-order valence-electron chi connectivity index (χ4n) is 6.29. The van der Waals surface area contributed by atoms with Crippen molar-refractivity contribution in [1.82, 2.24) is 15.2 Å². The highest BCUT2D eigenvalue weighted by Crippen LogP contribution is 2.52. The molecule has 2 N–H and O–H groups in total. The molecule has 43 heavy (non-hydrogen) atoms. The standard InChI is InChI=1S/C33H33F3N4O3/c34-33(35,36)22-37-31(42)43-32(26-11-3-1-9-24(26)25-10-2-4-12-27(25)32)16-5-6-17-39-18-20-40(21-19-39)29-15-14-23-8-7-13-28(41)30(23)38-29/h1-4,7-15,41H,5-6,16-22H2,(H,37,42). The fraction of sp³-hybridized carbons (Fsp3) is 0.333. The van der Waals surface area contributed by atoms with Crippen molar-refractivity contribution >= 4 is 22.8 Å². The first-order chi connectivity index (χ1) is 20.7. The van der Waals surface area contributed by atoms with Crippen molar-refractivity contribution in [2.45, 2.75) is 31.0 Å². The second-order valence-corrected chi connectivity index (χ2v) is 11.1. The van der Waals surface area contributed by atoms with Crippen LogP contribution < -0.4 is 10.2 Å². The largest absolute Gasteiger partial charge is 0.506 e. The zero-order valence-electron chi connectivity index (χ0n) is 23.6. The average Bonchev–Trinajstić information content (AvgIpc) is 3.28. The number of alkyl carbamates (subject to hydrolysis) is 1. The van der Waals surface area contributed by atoms with Crippen LogP contribution in [0.1, 0.15) is 30.4 Å². The van der Waals surface area contributed by atoms with Crippen LogP contribution in [0.15, 0.2) is 78.9 Å². The van der Waals surface area contributed by atoms with E-state index < -0.39 is 24.4 Å². The van der Waals surface area contributed by atoms with Crippen molar-refractivity contribution in [1.29, 1.82) is 0 Å². The Kier molecular flexibility index (Phi) is 7.87. The molecule has 1 aromatic heterocycles. The normalized spacial score (nSPS) is 16.1. The van der Waals surface area contributed by atoms with Crippen molar-refractivity contribution in [3.63, 3.8) is 0 Å². The molecule has 0 saturated carbocycles. The molecule has 2 heterocycles. The molecule has 1 saturated heterocycles. The second-order valence-electron chi connectivity index (χ2n) is 11.1. The van der Waals surface area contributed by atoms with E-state index in [2.05, 4.69) is 14.8 Å². The molecule has 0 unspecified atom stereocenters. The first-order valence-corrected chi connectivity index (χ1v) is 14.5. The maximum absolute atomic E-state index is 12.8. The SMILES string of the molecule is O=C(NCC(F)(F)F)OC1(CCCCN2CCN(c3ccc4cccc(O)c4n3)CC2)c2ccccc2-c2ccccc21. The molecule has 224 valence electrons. The molecule has 7 nitrogen and oxygen atoms in total. The van der Waals surface area contributed by atoms with Gasteiger partial charge in [0.05, 0.1) is 0 Å². The summed E-state index contributed by atoms with van der Waals surface area (Å²) in [5, 5.41) is 13.0. The summed E-state index contributed by atoms with van der Waals surface area (Å²) in [6.45, 7) is 2.71. The van der Waals surface area contributed by atoms with E-state index in [9.17, 15) is 23.1 Å². The number of alkyl halides is 3. The number of fused-ring (bicyclic) bond motifs is 4. The Morgan fingerprint density at radius 1 is 0.884 bits per heavy atom. The molecule has 3 aromatic carbocycles. The average molecular weight is 591 g/mol. The minimum atomic E-state index is -4.53. The molecule has 1 fully saturated rings. The van der Waals surface area contributed by atoms with Crippen molar-refractivity contribution in [3.8, 4) is 16.9 Å². The van der Waals surface area contributed by atoms with E-state index in [1.807, 2.05) is 72.0 Å². The van der Waals surface area contributed by atoms with Gasteiger partial charge in [-0.3, -0.25) is 4.90 Å². The third-order valence-electron chi connectivity index (χ3n) is 8.35. The number of aromatic hydroxyl groups is 1. The van der Waals surface area contributed by atoms with Crippen LogP contribution in [0.4, 0.5) is 23.8 Å². The van der Waals surface area contributed by atoms with Crippen LogP contribution >= 0.6 is 0 Å². The van der Waals surface area contributed by atoms with E-state index in [1.54, 1.807) is 12.1 Å². The first kappa shape index (κ1) is 28.8. The van der Waals surface area contributed by atoms with Crippen LogP contribution in [-0.2, 0) is 10.3 Å². The topological polar surface area (TPSA) is 77.9 Å². The predicted molar refractivity (Wildman–Crippen MR) is 159 cm³/mol. The number of phenols is 1. The maximum atomic E-state index is 12.8. The molecule has 0 radical (unpaired) electrons. The monoisotopic (exact) mass is 590 g/mol. The number of rotatable bonds is 8. The van der Waals surface area contributed by atoms with Gasteiger partial charge in [-0.15, -0.1) is 0 Å². The fourth-order valence-corrected chi connectivity index (χ4v) is 6.29. The summed E-state index contributed by atoms with van der Waals surface area (Å²) in [6, 6.07) is 24.6. The number of ether oxygens (including phenoxy) is 1. The smallest absolute Gasteiger partial charge is 0.408 e. The molecule has 10 heteroatoms. The van der Waals surface area contributed by atoms with E-state index in [-0.39, 0.29) is 5.75 Å². The number of amides is 1. The quantitative estimate of drug-likeness (QED) is 0.230. The highest BCUT2D eigenvalue weighted by Gasteiger charge is 2.46. The van der Waals surface area contributed by atoms with Crippen LogP contribution in [0.2, 0.25) is 0 Å². The Balaban J connectivity index is 1.10. The van der Waals surface area contributed by atoms with Crippen molar-refractivity contribution in [3.05, 3.63) is 90.0 Å². The van der Waals surface area contributed by atoms with Gasteiger partial charge >= 0.3 is 12.3 Å². The Morgan fingerprint density at radius 3 is 2.23 bits per heavy atom. The highest BCUT2D eigenvalue weighted by molar-refractivity contribution is 5.85. The summed E-state index contributed by atoms with van der Waals surface area (Å²) < 4.78 is 44.5. The predicted octanol–water partition coefficient (Wildman–Crippen LogP) is 6.45. The summed E-state index contributed by atoms with van der Waals surface area (Å²) in [7, 11) is 0. The number of aromatic nitrogens is 1. The number of piperazine rings is 1.